The summed E-state index contributed by atoms with van der Waals surface area (Å²) in [6.45, 7) is 2.83. The largest absolute Gasteiger partial charge is 0.350 e. The van der Waals surface area contributed by atoms with Crippen LogP contribution in [0.25, 0.3) is 5.65 Å². The number of aromatic nitrogens is 2. The molecule has 2 rings (SSSR count). The van der Waals surface area contributed by atoms with Crippen LogP contribution < -0.4 is 11.1 Å². The maximum absolute atomic E-state index is 11.3. The third kappa shape index (κ3) is 2.62. The summed E-state index contributed by atoms with van der Waals surface area (Å²) in [5, 5.41) is 2.79. The number of fused-ring (bicyclic) bond motifs is 1. The quantitative estimate of drug-likeness (QED) is 0.811. The molecule has 0 unspecified atom stereocenters. The Morgan fingerprint density at radius 1 is 1.59 bits per heavy atom. The lowest BCUT2D eigenvalue weighted by Gasteiger charge is -2.00. The minimum absolute atomic E-state index is 0.0405. The van der Waals surface area contributed by atoms with Gasteiger partial charge < -0.3 is 15.5 Å². The van der Waals surface area contributed by atoms with E-state index in [0.717, 1.165) is 16.9 Å². The van der Waals surface area contributed by atoms with Gasteiger partial charge >= 0.3 is 0 Å². The molecule has 5 nitrogen and oxygen atoms in total. The maximum Gasteiger partial charge on any atom is 0.221 e. The average Bonchev–Trinajstić information content (AvgIpc) is 2.71. The van der Waals surface area contributed by atoms with E-state index in [1.165, 1.54) is 0 Å². The highest BCUT2D eigenvalue weighted by Gasteiger charge is 2.05. The molecular weight excluding hydrogens is 216 g/mol. The van der Waals surface area contributed by atoms with Gasteiger partial charge in [-0.2, -0.15) is 0 Å². The molecule has 0 bridgehead atoms. The lowest BCUT2D eigenvalue weighted by Crippen LogP contribution is -2.25. The number of rotatable bonds is 4. The molecule has 5 heteroatoms. The third-order valence-electron chi connectivity index (χ3n) is 2.57. The molecule has 0 atom stereocenters. The van der Waals surface area contributed by atoms with Crippen LogP contribution in [0, 0.1) is 6.92 Å². The molecule has 0 spiro atoms. The Bertz CT molecular complexity index is 532. The van der Waals surface area contributed by atoms with Gasteiger partial charge in [-0.25, -0.2) is 4.98 Å². The van der Waals surface area contributed by atoms with Gasteiger partial charge in [0.2, 0.25) is 5.91 Å². The van der Waals surface area contributed by atoms with Crippen LogP contribution in [-0.4, -0.2) is 21.8 Å². The van der Waals surface area contributed by atoms with Crippen LogP contribution in [-0.2, 0) is 11.3 Å². The molecule has 0 saturated carbocycles. The van der Waals surface area contributed by atoms with E-state index in [1.54, 1.807) is 0 Å². The van der Waals surface area contributed by atoms with E-state index in [4.69, 9.17) is 5.73 Å². The Morgan fingerprint density at radius 3 is 3.12 bits per heavy atom. The number of nitrogens with zero attached hydrogens (tertiary/aromatic N) is 2. The van der Waals surface area contributed by atoms with Gasteiger partial charge in [-0.15, -0.1) is 0 Å². The number of aryl methyl sites for hydroxylation is 1. The summed E-state index contributed by atoms with van der Waals surface area (Å²) >= 11 is 0. The van der Waals surface area contributed by atoms with Crippen LogP contribution in [0.4, 0.5) is 0 Å². The van der Waals surface area contributed by atoms with Gasteiger partial charge in [-0.3, -0.25) is 4.79 Å². The van der Waals surface area contributed by atoms with Crippen LogP contribution in [0.1, 0.15) is 17.7 Å². The second kappa shape index (κ2) is 4.97. The Labute approximate surface area is 99.6 Å². The van der Waals surface area contributed by atoms with Crippen molar-refractivity contribution in [3.8, 4) is 0 Å². The summed E-state index contributed by atoms with van der Waals surface area (Å²) in [7, 11) is 0. The fraction of sp³-hybridized carbons (Fsp3) is 0.333. The van der Waals surface area contributed by atoms with E-state index in [9.17, 15) is 4.79 Å². The van der Waals surface area contributed by atoms with Gasteiger partial charge in [0.05, 0.1) is 12.2 Å². The maximum atomic E-state index is 11.3. The van der Waals surface area contributed by atoms with Crippen LogP contribution in [0.2, 0.25) is 0 Å². The highest BCUT2D eigenvalue weighted by atomic mass is 16.1. The Morgan fingerprint density at radius 2 is 2.41 bits per heavy atom. The number of hydrogen-bond acceptors (Lipinski definition) is 3. The first-order valence-electron chi connectivity index (χ1n) is 5.60. The van der Waals surface area contributed by atoms with E-state index in [2.05, 4.69) is 10.3 Å². The van der Waals surface area contributed by atoms with E-state index < -0.39 is 0 Å². The molecule has 0 aromatic carbocycles. The minimum atomic E-state index is -0.0405. The zero-order valence-electron chi connectivity index (χ0n) is 9.81. The van der Waals surface area contributed by atoms with Gasteiger partial charge in [0.15, 0.2) is 0 Å². The first kappa shape index (κ1) is 11.6. The minimum Gasteiger partial charge on any atom is -0.350 e. The summed E-state index contributed by atoms with van der Waals surface area (Å²) in [6, 6.07) is 3.99. The molecule has 0 saturated heterocycles. The lowest BCUT2D eigenvalue weighted by molar-refractivity contribution is -0.121. The van der Waals surface area contributed by atoms with Crippen molar-refractivity contribution < 1.29 is 4.79 Å². The first-order chi connectivity index (χ1) is 8.20. The molecule has 1 amide bonds. The highest BCUT2D eigenvalue weighted by molar-refractivity contribution is 5.75. The van der Waals surface area contributed by atoms with Gasteiger partial charge in [0.1, 0.15) is 5.65 Å². The molecule has 0 aliphatic rings. The van der Waals surface area contributed by atoms with Gasteiger partial charge in [-0.05, 0) is 18.6 Å². The van der Waals surface area contributed by atoms with E-state index in [-0.39, 0.29) is 5.91 Å². The molecular formula is C12H16N4O. The third-order valence-corrected chi connectivity index (χ3v) is 2.57. The van der Waals surface area contributed by atoms with Crippen molar-refractivity contribution in [2.45, 2.75) is 19.9 Å². The molecule has 0 fully saturated rings. The summed E-state index contributed by atoms with van der Waals surface area (Å²) in [5.41, 5.74) is 8.19. The first-order valence-corrected chi connectivity index (χ1v) is 5.60. The number of imidazole rings is 1. The van der Waals surface area contributed by atoms with E-state index >= 15 is 0 Å². The monoisotopic (exact) mass is 232 g/mol. The van der Waals surface area contributed by atoms with E-state index in [0.29, 0.717) is 19.5 Å². The fourth-order valence-electron chi connectivity index (χ4n) is 1.70. The number of nitrogens with two attached hydrogens (primary N) is 1. The van der Waals surface area contributed by atoms with Crippen molar-refractivity contribution in [2.24, 2.45) is 5.73 Å². The normalized spacial score (nSPS) is 10.7. The average molecular weight is 232 g/mol. The summed E-state index contributed by atoms with van der Waals surface area (Å²) in [4.78, 5) is 15.7. The molecule has 2 aromatic rings. The summed E-state index contributed by atoms with van der Waals surface area (Å²) < 4.78 is 1.96. The number of amides is 1. The smallest absolute Gasteiger partial charge is 0.221 e. The van der Waals surface area contributed by atoms with Crippen LogP contribution in [0.3, 0.4) is 0 Å². The predicted molar refractivity (Wildman–Crippen MR) is 65.4 cm³/mol. The standard InChI is InChI=1S/C12H16N4O/c1-9-3-2-6-16-8-10(15-12(9)16)7-14-11(17)4-5-13/h2-3,6,8H,4-5,7,13H2,1H3,(H,14,17). The van der Waals surface area contributed by atoms with Crippen molar-refractivity contribution in [2.75, 3.05) is 6.54 Å². The second-order valence-corrected chi connectivity index (χ2v) is 3.97. The number of carbonyl (C=O) groups is 1. The van der Waals surface area contributed by atoms with E-state index in [1.807, 2.05) is 35.9 Å². The highest BCUT2D eigenvalue weighted by Crippen LogP contribution is 2.09. The predicted octanol–water partition coefficient (Wildman–Crippen LogP) is 0.608. The Hall–Kier alpha value is -1.88. The van der Waals surface area contributed by atoms with Crippen molar-refractivity contribution in [3.05, 3.63) is 35.8 Å². The Balaban J connectivity index is 2.10. The molecule has 0 aliphatic heterocycles. The van der Waals surface area contributed by atoms with Crippen molar-refractivity contribution in [1.29, 1.82) is 0 Å². The fourth-order valence-corrected chi connectivity index (χ4v) is 1.70. The molecule has 2 heterocycles. The van der Waals surface area contributed by atoms with Crippen LogP contribution in [0.15, 0.2) is 24.5 Å². The van der Waals surface area contributed by atoms with Crippen LogP contribution >= 0.6 is 0 Å². The summed E-state index contributed by atoms with van der Waals surface area (Å²) in [5.74, 6) is -0.0405. The molecule has 17 heavy (non-hydrogen) atoms. The lowest BCUT2D eigenvalue weighted by atomic mass is 10.3. The SMILES string of the molecule is Cc1cccn2cc(CNC(=O)CCN)nc12. The van der Waals surface area contributed by atoms with Crippen molar-refractivity contribution >= 4 is 11.6 Å². The van der Waals surface area contributed by atoms with Crippen molar-refractivity contribution in [1.82, 2.24) is 14.7 Å². The van der Waals surface area contributed by atoms with Gasteiger partial charge in [0, 0.05) is 25.4 Å². The van der Waals surface area contributed by atoms with Crippen molar-refractivity contribution in [3.63, 3.8) is 0 Å². The zero-order valence-corrected chi connectivity index (χ0v) is 9.81. The number of nitrogens with one attached hydrogen (secondary N) is 1. The number of carbonyl (C=O) groups excluding carboxylic acids is 1. The zero-order chi connectivity index (χ0) is 12.3. The molecule has 0 radical (unpaired) electrons. The Kier molecular flexibility index (Phi) is 3.39. The van der Waals surface area contributed by atoms with Crippen LogP contribution in [0.5, 0.6) is 0 Å². The van der Waals surface area contributed by atoms with Gasteiger partial charge in [-0.1, -0.05) is 6.07 Å². The molecule has 0 aliphatic carbocycles. The number of pyridine rings is 1. The van der Waals surface area contributed by atoms with Gasteiger partial charge in [0.25, 0.3) is 0 Å². The molecule has 2 aromatic heterocycles. The topological polar surface area (TPSA) is 72.4 Å². The molecule has 3 N–H and O–H groups in total. The number of hydrogen-bond donors (Lipinski definition) is 2. The molecule has 90 valence electrons. The summed E-state index contributed by atoms with van der Waals surface area (Å²) in [6.07, 6.45) is 4.22. The second-order valence-electron chi connectivity index (χ2n) is 3.97.